The van der Waals surface area contributed by atoms with Crippen molar-refractivity contribution in [3.8, 4) is 5.75 Å². The first-order valence-electron chi connectivity index (χ1n) is 7.29. The lowest BCUT2D eigenvalue weighted by Crippen LogP contribution is -2.38. The lowest BCUT2D eigenvalue weighted by molar-refractivity contribution is 0.0563. The number of nitrogens with zero attached hydrogens (tertiary/aromatic N) is 1. The quantitative estimate of drug-likeness (QED) is 0.475. The predicted molar refractivity (Wildman–Crippen MR) is 90.6 cm³/mol. The van der Waals surface area contributed by atoms with Gasteiger partial charge in [0.2, 0.25) is 0 Å². The summed E-state index contributed by atoms with van der Waals surface area (Å²) in [5.74, 6) is 0.718. The average molecular weight is 336 g/mol. The second-order valence-corrected chi connectivity index (χ2v) is 5.92. The first kappa shape index (κ1) is 17.2. The van der Waals surface area contributed by atoms with Crippen LogP contribution in [0.4, 0.5) is 0 Å². The largest absolute Gasteiger partial charge is 0.490 e. The molecule has 0 radical (unpaired) electrons. The van der Waals surface area contributed by atoms with E-state index in [1.165, 1.54) is 11.8 Å². The van der Waals surface area contributed by atoms with Crippen LogP contribution >= 0.6 is 11.8 Å². The number of nitrogens with one attached hydrogen (secondary N) is 1. The summed E-state index contributed by atoms with van der Waals surface area (Å²) in [6, 6.07) is 9.35. The van der Waals surface area contributed by atoms with Crippen LogP contribution in [0.5, 0.6) is 5.75 Å². The lowest BCUT2D eigenvalue weighted by atomic mass is 10.1. The Kier molecular flexibility index (Phi) is 5.92. The highest BCUT2D eigenvalue weighted by Gasteiger charge is 2.17. The summed E-state index contributed by atoms with van der Waals surface area (Å²) in [5.41, 5.74) is -0.403. The summed E-state index contributed by atoms with van der Waals surface area (Å²) in [5, 5.41) is 0.522. The van der Waals surface area contributed by atoms with Crippen LogP contribution in [0.1, 0.15) is 25.3 Å². The van der Waals surface area contributed by atoms with E-state index >= 15 is 0 Å². The van der Waals surface area contributed by atoms with Crippen LogP contribution in [0.15, 0.2) is 44.9 Å². The highest BCUT2D eigenvalue weighted by Crippen LogP contribution is 2.21. The third kappa shape index (κ3) is 4.19. The third-order valence-corrected chi connectivity index (χ3v) is 3.92. The molecule has 6 nitrogen and oxygen atoms in total. The number of ether oxygens (including phenoxy) is 1. The molecule has 0 spiro atoms. The monoisotopic (exact) mass is 336 g/mol. The molecule has 0 aliphatic carbocycles. The minimum atomic E-state index is -0.580. The molecule has 0 bridgehead atoms. The second-order valence-electron chi connectivity index (χ2n) is 5.13. The number of rotatable bonds is 7. The maximum atomic E-state index is 12.0. The fraction of sp³-hybridized carbons (Fsp3) is 0.375. The standard InChI is InChI=1S/C16H20N2O4S/c1-11(2)13-14(19)17-16(20)18(15(13)23-3)22-10-9-21-12-7-5-4-6-8-12/h4-8,11H,9-10H2,1-3H3,(H,17,19,20). The zero-order chi connectivity index (χ0) is 16.8. The molecule has 0 saturated carbocycles. The Balaban J connectivity index is 2.12. The Morgan fingerprint density at radius 2 is 1.87 bits per heavy atom. The van der Waals surface area contributed by atoms with Gasteiger partial charge in [-0.25, -0.2) is 4.79 Å². The molecule has 0 amide bonds. The van der Waals surface area contributed by atoms with Gasteiger partial charge < -0.3 is 9.57 Å². The molecular weight excluding hydrogens is 316 g/mol. The topological polar surface area (TPSA) is 73.3 Å². The van der Waals surface area contributed by atoms with E-state index in [2.05, 4.69) is 4.98 Å². The number of hydrogen-bond acceptors (Lipinski definition) is 5. The molecule has 0 saturated heterocycles. The first-order chi connectivity index (χ1) is 11.0. The maximum absolute atomic E-state index is 12.0. The number of benzene rings is 1. The Labute approximate surface area is 138 Å². The van der Waals surface area contributed by atoms with Crippen molar-refractivity contribution >= 4 is 11.8 Å². The summed E-state index contributed by atoms with van der Waals surface area (Å²) in [6.45, 7) is 4.28. The third-order valence-electron chi connectivity index (χ3n) is 3.15. The summed E-state index contributed by atoms with van der Waals surface area (Å²) in [4.78, 5) is 31.8. The molecule has 0 aliphatic heterocycles. The van der Waals surface area contributed by atoms with Crippen LogP contribution in [0, 0.1) is 0 Å². The molecule has 0 aliphatic rings. The number of H-pyrrole nitrogens is 1. The number of thioether (sulfide) groups is 1. The van der Waals surface area contributed by atoms with Gasteiger partial charge in [-0.3, -0.25) is 9.78 Å². The fourth-order valence-electron chi connectivity index (χ4n) is 2.14. The van der Waals surface area contributed by atoms with Gasteiger partial charge in [0.05, 0.1) is 5.56 Å². The Morgan fingerprint density at radius 1 is 1.17 bits per heavy atom. The minimum absolute atomic E-state index is 0.0165. The van der Waals surface area contributed by atoms with Crippen LogP contribution in [0.3, 0.4) is 0 Å². The number of para-hydroxylation sites is 1. The van der Waals surface area contributed by atoms with Gasteiger partial charge in [0.25, 0.3) is 5.56 Å². The van der Waals surface area contributed by atoms with Crippen molar-refractivity contribution in [1.82, 2.24) is 9.71 Å². The van der Waals surface area contributed by atoms with Crippen molar-refractivity contribution in [3.05, 3.63) is 56.7 Å². The predicted octanol–water partition coefficient (Wildman–Crippen LogP) is 1.89. The van der Waals surface area contributed by atoms with Crippen molar-refractivity contribution < 1.29 is 9.57 Å². The van der Waals surface area contributed by atoms with Gasteiger partial charge in [0.1, 0.15) is 24.0 Å². The van der Waals surface area contributed by atoms with Crippen molar-refractivity contribution in [2.45, 2.75) is 24.8 Å². The van der Waals surface area contributed by atoms with Crippen molar-refractivity contribution in [3.63, 3.8) is 0 Å². The van der Waals surface area contributed by atoms with Gasteiger partial charge in [-0.05, 0) is 24.3 Å². The van der Waals surface area contributed by atoms with E-state index in [0.29, 0.717) is 17.2 Å². The molecule has 1 N–H and O–H groups in total. The maximum Gasteiger partial charge on any atom is 0.362 e. The summed E-state index contributed by atoms with van der Waals surface area (Å²) >= 11 is 1.31. The zero-order valence-electron chi connectivity index (χ0n) is 13.4. The molecule has 0 atom stereocenters. The highest BCUT2D eigenvalue weighted by atomic mass is 32.2. The molecule has 1 aromatic carbocycles. The molecule has 1 aromatic heterocycles. The summed E-state index contributed by atoms with van der Waals surface area (Å²) in [7, 11) is 0. The molecule has 0 fully saturated rings. The van der Waals surface area contributed by atoms with Gasteiger partial charge in [0.15, 0.2) is 0 Å². The average Bonchev–Trinajstić information content (AvgIpc) is 2.53. The lowest BCUT2D eigenvalue weighted by Gasteiger charge is -2.16. The number of aromatic amines is 1. The van der Waals surface area contributed by atoms with Crippen molar-refractivity contribution in [2.75, 3.05) is 19.5 Å². The van der Waals surface area contributed by atoms with E-state index in [0.717, 1.165) is 10.5 Å². The van der Waals surface area contributed by atoms with E-state index in [4.69, 9.17) is 9.57 Å². The number of aromatic nitrogens is 2. The molecule has 23 heavy (non-hydrogen) atoms. The van der Waals surface area contributed by atoms with E-state index in [1.807, 2.05) is 44.2 Å². The number of hydrogen-bond donors (Lipinski definition) is 1. The van der Waals surface area contributed by atoms with E-state index in [-0.39, 0.29) is 18.1 Å². The summed E-state index contributed by atoms with van der Waals surface area (Å²) in [6.07, 6.45) is 1.81. The molecule has 2 rings (SSSR count). The van der Waals surface area contributed by atoms with Crippen LogP contribution in [-0.2, 0) is 0 Å². The van der Waals surface area contributed by atoms with E-state index in [1.54, 1.807) is 6.26 Å². The van der Waals surface area contributed by atoms with Gasteiger partial charge in [-0.2, -0.15) is 0 Å². The molecule has 124 valence electrons. The minimum Gasteiger partial charge on any atom is -0.490 e. The molecule has 1 heterocycles. The van der Waals surface area contributed by atoms with Gasteiger partial charge in [0, 0.05) is 0 Å². The van der Waals surface area contributed by atoms with Crippen LogP contribution in [0.25, 0.3) is 0 Å². The smallest absolute Gasteiger partial charge is 0.362 e. The Bertz CT molecular complexity index is 753. The van der Waals surface area contributed by atoms with Crippen LogP contribution < -0.4 is 20.8 Å². The Morgan fingerprint density at radius 3 is 2.48 bits per heavy atom. The normalized spacial score (nSPS) is 10.8. The van der Waals surface area contributed by atoms with Crippen molar-refractivity contribution in [1.29, 1.82) is 0 Å². The first-order valence-corrected chi connectivity index (χ1v) is 8.51. The fourth-order valence-corrected chi connectivity index (χ4v) is 2.99. The van der Waals surface area contributed by atoms with E-state index in [9.17, 15) is 9.59 Å². The second kappa shape index (κ2) is 7.92. The van der Waals surface area contributed by atoms with Gasteiger partial charge in [-0.15, -0.1) is 16.5 Å². The van der Waals surface area contributed by atoms with Gasteiger partial charge >= 0.3 is 5.69 Å². The van der Waals surface area contributed by atoms with Gasteiger partial charge in [-0.1, -0.05) is 32.0 Å². The van der Waals surface area contributed by atoms with Crippen LogP contribution in [0.2, 0.25) is 0 Å². The Hall–Kier alpha value is -2.15. The molecular formula is C16H20N2O4S. The van der Waals surface area contributed by atoms with Crippen LogP contribution in [-0.4, -0.2) is 29.2 Å². The van der Waals surface area contributed by atoms with E-state index < -0.39 is 5.69 Å². The summed E-state index contributed by atoms with van der Waals surface area (Å²) < 4.78 is 6.66. The molecule has 2 aromatic rings. The highest BCUT2D eigenvalue weighted by molar-refractivity contribution is 7.98. The SMILES string of the molecule is CSc1c(C(C)C)c(=O)[nH]c(=O)n1OCCOc1ccccc1. The molecule has 7 heteroatoms. The zero-order valence-corrected chi connectivity index (χ0v) is 14.2. The molecule has 0 unspecified atom stereocenters. The van der Waals surface area contributed by atoms with Crippen molar-refractivity contribution in [2.24, 2.45) is 0 Å².